The lowest BCUT2D eigenvalue weighted by molar-refractivity contribution is 0.0699. The van der Waals surface area contributed by atoms with Crippen LogP contribution in [-0.2, 0) is 0 Å². The van der Waals surface area contributed by atoms with Gasteiger partial charge in [-0.1, -0.05) is 11.6 Å². The van der Waals surface area contributed by atoms with Crippen LogP contribution in [0.15, 0.2) is 18.5 Å². The maximum absolute atomic E-state index is 12.2. The number of nitrogens with zero attached hydrogens (tertiary/aromatic N) is 3. The van der Waals surface area contributed by atoms with Crippen LogP contribution in [0, 0.1) is 17.2 Å². The van der Waals surface area contributed by atoms with E-state index >= 15 is 0 Å². The Kier molecular flexibility index (Phi) is 3.60. The van der Waals surface area contributed by atoms with Gasteiger partial charge in [-0.25, -0.2) is 0 Å². The lowest BCUT2D eigenvalue weighted by atomic mass is 9.99. The number of carbonyl (C=O) groups excluding carboxylic acids is 1. The molecule has 2 heterocycles. The molecule has 0 radical (unpaired) electrons. The zero-order valence-corrected chi connectivity index (χ0v) is 10.0. The van der Waals surface area contributed by atoms with Crippen molar-refractivity contribution >= 4 is 17.5 Å². The Hall–Kier alpha value is -1.60. The predicted molar refractivity (Wildman–Crippen MR) is 63.5 cm³/mol. The first-order chi connectivity index (χ1) is 8.22. The molecule has 0 saturated carbocycles. The first kappa shape index (κ1) is 11.9. The largest absolute Gasteiger partial charge is 0.337 e. The summed E-state index contributed by atoms with van der Waals surface area (Å²) >= 11 is 5.93. The molecule has 1 fully saturated rings. The van der Waals surface area contributed by atoms with Gasteiger partial charge in [0.1, 0.15) is 0 Å². The Morgan fingerprint density at radius 1 is 1.65 bits per heavy atom. The molecule has 1 aliphatic rings. The molecule has 0 aliphatic carbocycles. The van der Waals surface area contributed by atoms with E-state index in [2.05, 4.69) is 11.1 Å². The lowest BCUT2D eigenvalue weighted by Gasteiger charge is -2.29. The highest BCUT2D eigenvalue weighted by atomic mass is 35.5. The molecule has 5 heteroatoms. The van der Waals surface area contributed by atoms with Crippen LogP contribution in [0.1, 0.15) is 23.2 Å². The summed E-state index contributed by atoms with van der Waals surface area (Å²) in [6.07, 6.45) is 4.74. The molecule has 0 aromatic carbocycles. The number of piperidine rings is 1. The van der Waals surface area contributed by atoms with Gasteiger partial charge in [-0.2, -0.15) is 5.26 Å². The maximum Gasteiger partial charge on any atom is 0.255 e. The van der Waals surface area contributed by atoms with Gasteiger partial charge in [0.2, 0.25) is 0 Å². The summed E-state index contributed by atoms with van der Waals surface area (Å²) in [6.45, 7) is 1.18. The van der Waals surface area contributed by atoms with Gasteiger partial charge in [0.15, 0.2) is 0 Å². The third kappa shape index (κ3) is 2.56. The molecule has 4 nitrogen and oxygen atoms in total. The molecule has 17 heavy (non-hydrogen) atoms. The number of halogens is 1. The molecule has 0 N–H and O–H groups in total. The van der Waals surface area contributed by atoms with Crippen molar-refractivity contribution in [1.82, 2.24) is 9.88 Å². The summed E-state index contributed by atoms with van der Waals surface area (Å²) in [6, 6.07) is 3.83. The quantitative estimate of drug-likeness (QED) is 0.766. The fraction of sp³-hybridized carbons (Fsp3) is 0.417. The molecule has 0 bridgehead atoms. The van der Waals surface area contributed by atoms with Crippen LogP contribution in [0.2, 0.25) is 5.02 Å². The predicted octanol–water partition coefficient (Wildman–Crippen LogP) is 2.11. The highest BCUT2D eigenvalue weighted by molar-refractivity contribution is 6.33. The van der Waals surface area contributed by atoms with Gasteiger partial charge in [-0.15, -0.1) is 0 Å². The minimum absolute atomic E-state index is 0.0617. The Balaban J connectivity index is 2.16. The third-order valence-corrected chi connectivity index (χ3v) is 3.20. The third-order valence-electron chi connectivity index (χ3n) is 2.89. The smallest absolute Gasteiger partial charge is 0.255 e. The monoisotopic (exact) mass is 249 g/mol. The van der Waals surface area contributed by atoms with Gasteiger partial charge in [0.25, 0.3) is 5.91 Å². The molecule has 1 saturated heterocycles. The standard InChI is InChI=1S/C12H12ClN3O/c13-11-7-15-4-3-10(11)12(17)16-5-1-2-9(6-14)8-16/h3-4,7,9H,1-2,5,8H2. The second-order valence-electron chi connectivity index (χ2n) is 4.07. The molecule has 1 aromatic heterocycles. The molecular weight excluding hydrogens is 238 g/mol. The van der Waals surface area contributed by atoms with Crippen molar-refractivity contribution in [3.8, 4) is 6.07 Å². The first-order valence-corrected chi connectivity index (χ1v) is 5.88. The highest BCUT2D eigenvalue weighted by Gasteiger charge is 2.25. The Bertz CT molecular complexity index is 469. The molecule has 1 aromatic rings. The van der Waals surface area contributed by atoms with Crippen molar-refractivity contribution in [2.24, 2.45) is 5.92 Å². The number of carbonyl (C=O) groups is 1. The van der Waals surface area contributed by atoms with E-state index < -0.39 is 0 Å². The molecular formula is C12H12ClN3O. The Morgan fingerprint density at radius 2 is 2.47 bits per heavy atom. The van der Waals surface area contributed by atoms with E-state index in [-0.39, 0.29) is 11.8 Å². The van der Waals surface area contributed by atoms with Crippen LogP contribution in [0.25, 0.3) is 0 Å². The lowest BCUT2D eigenvalue weighted by Crippen LogP contribution is -2.39. The van der Waals surface area contributed by atoms with Crippen molar-refractivity contribution in [2.45, 2.75) is 12.8 Å². The van der Waals surface area contributed by atoms with Crippen LogP contribution in [0.4, 0.5) is 0 Å². The van der Waals surface area contributed by atoms with E-state index in [0.717, 1.165) is 12.8 Å². The number of nitriles is 1. The second kappa shape index (κ2) is 5.15. The van der Waals surface area contributed by atoms with Crippen molar-refractivity contribution < 1.29 is 4.79 Å². The summed E-state index contributed by atoms with van der Waals surface area (Å²) in [5.41, 5.74) is 0.459. The van der Waals surface area contributed by atoms with E-state index in [1.807, 2.05) is 0 Å². The number of pyridine rings is 1. The van der Waals surface area contributed by atoms with Crippen LogP contribution in [0.5, 0.6) is 0 Å². The van der Waals surface area contributed by atoms with Gasteiger partial charge < -0.3 is 4.90 Å². The minimum Gasteiger partial charge on any atom is -0.337 e. The number of hydrogen-bond donors (Lipinski definition) is 0. The topological polar surface area (TPSA) is 57.0 Å². The fourth-order valence-corrected chi connectivity index (χ4v) is 2.19. The van der Waals surface area contributed by atoms with Gasteiger partial charge in [0, 0.05) is 25.5 Å². The van der Waals surface area contributed by atoms with Crippen LogP contribution in [-0.4, -0.2) is 28.9 Å². The summed E-state index contributed by atoms with van der Waals surface area (Å²) in [4.78, 5) is 17.7. The summed E-state index contributed by atoms with van der Waals surface area (Å²) in [7, 11) is 0. The van der Waals surface area contributed by atoms with Gasteiger partial charge in [-0.3, -0.25) is 9.78 Å². The van der Waals surface area contributed by atoms with Gasteiger partial charge >= 0.3 is 0 Å². The summed E-state index contributed by atoms with van der Waals surface area (Å²) < 4.78 is 0. The Morgan fingerprint density at radius 3 is 3.18 bits per heavy atom. The van der Waals surface area contributed by atoms with E-state index in [1.165, 1.54) is 6.20 Å². The highest BCUT2D eigenvalue weighted by Crippen LogP contribution is 2.21. The van der Waals surface area contributed by atoms with Crippen molar-refractivity contribution in [3.63, 3.8) is 0 Å². The summed E-state index contributed by atoms with van der Waals surface area (Å²) in [5, 5.41) is 9.25. The van der Waals surface area contributed by atoms with Crippen molar-refractivity contribution in [2.75, 3.05) is 13.1 Å². The van der Waals surface area contributed by atoms with Crippen LogP contribution >= 0.6 is 11.6 Å². The zero-order chi connectivity index (χ0) is 12.3. The van der Waals surface area contributed by atoms with Gasteiger partial charge in [-0.05, 0) is 18.9 Å². The molecule has 88 valence electrons. The fourth-order valence-electron chi connectivity index (χ4n) is 1.99. The average Bonchev–Trinajstić information content (AvgIpc) is 2.38. The first-order valence-electron chi connectivity index (χ1n) is 5.51. The van der Waals surface area contributed by atoms with Crippen LogP contribution in [0.3, 0.4) is 0 Å². The maximum atomic E-state index is 12.2. The number of rotatable bonds is 1. The molecule has 0 spiro atoms. The number of amides is 1. The molecule has 1 aliphatic heterocycles. The van der Waals surface area contributed by atoms with Gasteiger partial charge in [0.05, 0.1) is 22.6 Å². The van der Waals surface area contributed by atoms with Crippen molar-refractivity contribution in [3.05, 3.63) is 29.0 Å². The molecule has 1 unspecified atom stereocenters. The Labute approximate surface area is 105 Å². The SMILES string of the molecule is N#CC1CCCN(C(=O)c2ccncc2Cl)C1. The van der Waals surface area contributed by atoms with E-state index in [1.54, 1.807) is 17.2 Å². The van der Waals surface area contributed by atoms with E-state index in [4.69, 9.17) is 16.9 Å². The minimum atomic E-state index is -0.114. The normalized spacial score (nSPS) is 19.8. The zero-order valence-electron chi connectivity index (χ0n) is 9.27. The number of hydrogen-bond acceptors (Lipinski definition) is 3. The van der Waals surface area contributed by atoms with Crippen molar-refractivity contribution in [1.29, 1.82) is 5.26 Å². The second-order valence-corrected chi connectivity index (χ2v) is 4.48. The number of aromatic nitrogens is 1. The molecule has 2 rings (SSSR count). The average molecular weight is 250 g/mol. The number of likely N-dealkylation sites (tertiary alicyclic amines) is 1. The van der Waals surface area contributed by atoms with E-state index in [0.29, 0.717) is 23.7 Å². The van der Waals surface area contributed by atoms with Crippen LogP contribution < -0.4 is 0 Å². The van der Waals surface area contributed by atoms with E-state index in [9.17, 15) is 4.79 Å². The molecule has 1 atom stereocenters. The summed E-state index contributed by atoms with van der Waals surface area (Å²) in [5.74, 6) is -0.175. The molecule has 1 amide bonds.